The van der Waals surface area contributed by atoms with Crippen LogP contribution in [0.15, 0.2) is 72.4 Å². The minimum Gasteiger partial charge on any atom is -0.481 e. The monoisotopic (exact) mass is 338 g/mol. The van der Waals surface area contributed by atoms with Crippen molar-refractivity contribution in [1.29, 1.82) is 0 Å². The van der Waals surface area contributed by atoms with Crippen molar-refractivity contribution in [2.24, 2.45) is 5.92 Å². The Morgan fingerprint density at radius 3 is 2.28 bits per heavy atom. The van der Waals surface area contributed by atoms with Crippen molar-refractivity contribution in [1.82, 2.24) is 10.2 Å². The molecule has 1 heterocycles. The van der Waals surface area contributed by atoms with Crippen LogP contribution in [0.3, 0.4) is 0 Å². The number of hydrogen-bond donors (Lipinski definition) is 2. The van der Waals surface area contributed by atoms with Gasteiger partial charge in [0.1, 0.15) is 0 Å². The summed E-state index contributed by atoms with van der Waals surface area (Å²) in [7, 11) is 0. The third kappa shape index (κ3) is 3.90. The van der Waals surface area contributed by atoms with Gasteiger partial charge in [-0.15, -0.1) is 0 Å². The van der Waals surface area contributed by atoms with E-state index < -0.39 is 11.9 Å². The topological polar surface area (TPSA) is 64.0 Å². The second kappa shape index (κ2) is 7.51. The molecule has 3 rings (SSSR count). The molecule has 2 N–H and O–H groups in total. The second-order valence-corrected chi connectivity index (χ2v) is 6.33. The van der Waals surface area contributed by atoms with Gasteiger partial charge in [-0.2, -0.15) is 10.2 Å². The minimum absolute atomic E-state index is 0.137. The van der Waals surface area contributed by atoms with Gasteiger partial charge in [-0.1, -0.05) is 67.6 Å². The number of aliphatic carboxylic acids is 1. The summed E-state index contributed by atoms with van der Waals surface area (Å²) in [5, 5.41) is 22.8. The predicted molar refractivity (Wildman–Crippen MR) is 94.3 cm³/mol. The van der Waals surface area contributed by atoms with Gasteiger partial charge in [0.25, 0.3) is 0 Å². The molecule has 0 fully saturated rings. The Morgan fingerprint density at radius 1 is 1.08 bits per heavy atom. The van der Waals surface area contributed by atoms with Crippen LogP contribution in [0.1, 0.15) is 30.5 Å². The van der Waals surface area contributed by atoms with Crippen molar-refractivity contribution in [3.8, 4) is 0 Å². The van der Waals surface area contributed by atoms with Crippen molar-refractivity contribution >= 4 is 5.97 Å². The lowest BCUT2D eigenvalue weighted by Crippen LogP contribution is -2.36. The van der Waals surface area contributed by atoms with Gasteiger partial charge >= 0.3 is 5.97 Å². The van der Waals surface area contributed by atoms with Gasteiger partial charge in [-0.25, -0.2) is 0 Å². The maximum atomic E-state index is 11.2. The molecular weight excluding hydrogens is 316 g/mol. The second-order valence-electron chi connectivity index (χ2n) is 6.33. The number of carbonyl (C=O) groups is 1. The highest BCUT2D eigenvalue weighted by Crippen LogP contribution is 2.36. The zero-order valence-corrected chi connectivity index (χ0v) is 14.1. The lowest BCUT2D eigenvalue weighted by molar-refractivity contribution is -0.223. The van der Waals surface area contributed by atoms with E-state index >= 15 is 0 Å². The number of nitrogens with zero attached hydrogens (tertiary/aromatic N) is 2. The summed E-state index contributed by atoms with van der Waals surface area (Å²) in [4.78, 5) is 11.2. The molecular formula is C20H22N2O3. The number of benzene rings is 2. The van der Waals surface area contributed by atoms with E-state index in [0.717, 1.165) is 16.3 Å². The van der Waals surface area contributed by atoms with Gasteiger partial charge in [0.2, 0.25) is 0 Å². The van der Waals surface area contributed by atoms with Gasteiger partial charge in [0.05, 0.1) is 17.7 Å². The minimum atomic E-state index is -0.868. The first-order valence-corrected chi connectivity index (χ1v) is 8.34. The van der Waals surface area contributed by atoms with Gasteiger partial charge in [-0.3, -0.25) is 10.0 Å². The third-order valence-electron chi connectivity index (χ3n) is 4.44. The Hall–Kier alpha value is -2.63. The Morgan fingerprint density at radius 2 is 1.68 bits per heavy atom. The largest absolute Gasteiger partial charge is 0.481 e. The van der Waals surface area contributed by atoms with Crippen LogP contribution in [0.4, 0.5) is 0 Å². The molecule has 0 saturated heterocycles. The van der Waals surface area contributed by atoms with Crippen LogP contribution in [0.5, 0.6) is 0 Å². The highest BCUT2D eigenvalue weighted by atomic mass is 16.6. The van der Waals surface area contributed by atoms with E-state index in [1.54, 1.807) is 6.92 Å². The van der Waals surface area contributed by atoms with Crippen LogP contribution in [-0.4, -0.2) is 26.5 Å². The number of hydroxylamine groups is 1. The van der Waals surface area contributed by atoms with Crippen LogP contribution < -0.4 is 0 Å². The van der Waals surface area contributed by atoms with Crippen molar-refractivity contribution < 1.29 is 15.1 Å². The molecule has 1 aliphatic heterocycles. The summed E-state index contributed by atoms with van der Waals surface area (Å²) in [6.07, 6.45) is 2.22. The summed E-state index contributed by atoms with van der Waals surface area (Å²) in [6, 6.07) is 19.7. The Bertz CT molecular complexity index is 746. The molecule has 25 heavy (non-hydrogen) atoms. The fourth-order valence-electron chi connectivity index (χ4n) is 3.02. The van der Waals surface area contributed by atoms with E-state index in [1.165, 1.54) is 0 Å². The van der Waals surface area contributed by atoms with Crippen LogP contribution in [0, 0.1) is 5.92 Å². The molecule has 5 nitrogen and oxygen atoms in total. The summed E-state index contributed by atoms with van der Waals surface area (Å²) < 4.78 is 0. The Labute approximate surface area is 147 Å². The number of hydrazine groups is 1. The molecule has 2 atom stereocenters. The smallest absolute Gasteiger partial charge is 0.306 e. The molecule has 0 saturated carbocycles. The molecule has 5 heteroatoms. The molecule has 0 radical (unpaired) electrons. The standard InChI is InChI=1S/C20H22N2O3/c1-15(20(23)24)12-18-13-19(17-10-6-3-7-11-17)21(22(18)25)14-16-8-4-2-5-9-16/h2-11,13,15,19,25H,12,14H2,1H3,(H,23,24). The Kier molecular flexibility index (Phi) is 5.16. The SMILES string of the molecule is CC(CC1=CC(c2ccccc2)N(Cc2ccccc2)N1O)C(=O)O. The summed E-state index contributed by atoms with van der Waals surface area (Å²) >= 11 is 0. The third-order valence-corrected chi connectivity index (χ3v) is 4.44. The van der Waals surface area contributed by atoms with Crippen LogP contribution >= 0.6 is 0 Å². The predicted octanol–water partition coefficient (Wildman–Crippen LogP) is 3.84. The molecule has 0 spiro atoms. The first kappa shape index (κ1) is 17.2. The van der Waals surface area contributed by atoms with Crippen molar-refractivity contribution in [3.05, 3.63) is 83.6 Å². The zero-order chi connectivity index (χ0) is 17.8. The van der Waals surface area contributed by atoms with E-state index in [1.807, 2.05) is 71.7 Å². The molecule has 0 bridgehead atoms. The van der Waals surface area contributed by atoms with E-state index in [-0.39, 0.29) is 12.5 Å². The first-order valence-electron chi connectivity index (χ1n) is 8.34. The number of allylic oxidation sites excluding steroid dienone is 1. The molecule has 1 aliphatic rings. The quantitative estimate of drug-likeness (QED) is 0.838. The van der Waals surface area contributed by atoms with Crippen LogP contribution in [0.25, 0.3) is 0 Å². The molecule has 130 valence electrons. The molecule has 2 aromatic rings. The maximum absolute atomic E-state index is 11.2. The Balaban J connectivity index is 1.88. The van der Waals surface area contributed by atoms with Crippen LogP contribution in [0.2, 0.25) is 0 Å². The summed E-state index contributed by atoms with van der Waals surface area (Å²) in [5.41, 5.74) is 2.73. The van der Waals surface area contributed by atoms with E-state index in [2.05, 4.69) is 0 Å². The highest BCUT2D eigenvalue weighted by molar-refractivity contribution is 5.69. The van der Waals surface area contributed by atoms with E-state index in [4.69, 9.17) is 0 Å². The molecule has 2 aromatic carbocycles. The molecule has 0 aromatic heterocycles. The van der Waals surface area contributed by atoms with Gasteiger partial charge in [0, 0.05) is 13.0 Å². The van der Waals surface area contributed by atoms with Crippen molar-refractivity contribution in [2.75, 3.05) is 0 Å². The van der Waals surface area contributed by atoms with Crippen molar-refractivity contribution in [2.45, 2.75) is 25.9 Å². The average molecular weight is 338 g/mol. The van der Waals surface area contributed by atoms with Crippen molar-refractivity contribution in [3.63, 3.8) is 0 Å². The van der Waals surface area contributed by atoms with E-state index in [9.17, 15) is 15.1 Å². The fraction of sp³-hybridized carbons (Fsp3) is 0.250. The number of rotatable bonds is 6. The maximum Gasteiger partial charge on any atom is 0.306 e. The van der Waals surface area contributed by atoms with E-state index in [0.29, 0.717) is 12.2 Å². The van der Waals surface area contributed by atoms with Gasteiger partial charge in [-0.05, 0) is 17.2 Å². The number of carboxylic acid groups (broad SMARTS) is 1. The first-order chi connectivity index (χ1) is 12.1. The zero-order valence-electron chi connectivity index (χ0n) is 14.1. The average Bonchev–Trinajstić information content (AvgIpc) is 2.93. The summed E-state index contributed by atoms with van der Waals surface area (Å²) in [5.74, 6) is -1.43. The highest BCUT2D eigenvalue weighted by Gasteiger charge is 2.33. The number of hydrogen-bond acceptors (Lipinski definition) is 4. The normalized spacial score (nSPS) is 18.9. The summed E-state index contributed by atoms with van der Waals surface area (Å²) in [6.45, 7) is 2.17. The number of carboxylic acids is 1. The van der Waals surface area contributed by atoms with Crippen LogP contribution in [-0.2, 0) is 11.3 Å². The lowest BCUT2D eigenvalue weighted by atomic mass is 10.0. The lowest BCUT2D eigenvalue weighted by Gasteiger charge is -2.31. The van der Waals surface area contributed by atoms with Gasteiger partial charge < -0.3 is 5.11 Å². The molecule has 2 unspecified atom stereocenters. The molecule has 0 aliphatic carbocycles. The van der Waals surface area contributed by atoms with Gasteiger partial charge in [0.15, 0.2) is 0 Å². The molecule has 0 amide bonds. The fourth-order valence-corrected chi connectivity index (χ4v) is 3.02.